The Kier molecular flexibility index (Phi) is 4.42. The molecule has 0 unspecified atom stereocenters. The van der Waals surface area contributed by atoms with Gasteiger partial charge in [-0.05, 0) is 25.1 Å². The Labute approximate surface area is 118 Å². The molecule has 2 rings (SSSR count). The Morgan fingerprint density at radius 2 is 2.29 bits per heavy atom. The molecular weight excluding hydrogens is 322 g/mol. The molecule has 5 heteroatoms. The van der Waals surface area contributed by atoms with E-state index in [1.807, 2.05) is 30.5 Å². The molecule has 0 amide bonds. The summed E-state index contributed by atoms with van der Waals surface area (Å²) in [5, 5.41) is 4.45. The Balaban J connectivity index is 2.08. The summed E-state index contributed by atoms with van der Waals surface area (Å²) in [6.45, 7) is 2.48. The average Bonchev–Trinajstić information content (AvgIpc) is 2.73. The summed E-state index contributed by atoms with van der Waals surface area (Å²) in [5.41, 5.74) is 2.08. The van der Waals surface area contributed by atoms with Crippen molar-refractivity contribution >= 4 is 38.9 Å². The second kappa shape index (κ2) is 5.85. The first-order chi connectivity index (χ1) is 8.19. The zero-order valence-corrected chi connectivity index (χ0v) is 12.4. The lowest BCUT2D eigenvalue weighted by Gasteiger charge is -2.08. The van der Waals surface area contributed by atoms with Crippen LogP contribution in [0.15, 0.2) is 23.6 Å². The molecule has 2 nitrogen and oxygen atoms in total. The smallest absolute Gasteiger partial charge is 0.140 e. The van der Waals surface area contributed by atoms with E-state index in [1.54, 1.807) is 11.3 Å². The Bertz CT molecular complexity index is 515. The van der Waals surface area contributed by atoms with Crippen LogP contribution >= 0.6 is 38.9 Å². The maximum atomic E-state index is 5.93. The summed E-state index contributed by atoms with van der Waals surface area (Å²) in [6, 6.07) is 5.62. The molecule has 0 radical (unpaired) electrons. The zero-order valence-electron chi connectivity index (χ0n) is 9.24. The number of benzene rings is 1. The van der Waals surface area contributed by atoms with E-state index in [4.69, 9.17) is 16.3 Å². The van der Waals surface area contributed by atoms with Crippen LogP contribution in [0.5, 0.6) is 5.75 Å². The van der Waals surface area contributed by atoms with Gasteiger partial charge in [0.25, 0.3) is 0 Å². The Morgan fingerprint density at radius 3 is 2.94 bits per heavy atom. The lowest BCUT2D eigenvalue weighted by atomic mass is 10.2. The van der Waals surface area contributed by atoms with Crippen LogP contribution in [0.2, 0.25) is 5.02 Å². The summed E-state index contributed by atoms with van der Waals surface area (Å²) in [7, 11) is 0. The van der Waals surface area contributed by atoms with E-state index < -0.39 is 0 Å². The fraction of sp³-hybridized carbons (Fsp3) is 0.250. The van der Waals surface area contributed by atoms with Gasteiger partial charge in [0.1, 0.15) is 17.4 Å². The maximum absolute atomic E-state index is 5.93. The standard InChI is InChI=1S/C12H11BrClNOS/c1-8-7-17-12(15-8)6-16-11-3-2-10(14)4-9(11)5-13/h2-4,7H,5-6H2,1H3. The highest BCUT2D eigenvalue weighted by atomic mass is 79.9. The number of hydrogen-bond donors (Lipinski definition) is 0. The van der Waals surface area contributed by atoms with Crippen LogP contribution in [-0.2, 0) is 11.9 Å². The van der Waals surface area contributed by atoms with Gasteiger partial charge in [0, 0.05) is 27.0 Å². The van der Waals surface area contributed by atoms with Crippen molar-refractivity contribution in [2.45, 2.75) is 18.9 Å². The van der Waals surface area contributed by atoms with Gasteiger partial charge in [0.2, 0.25) is 0 Å². The van der Waals surface area contributed by atoms with E-state index in [9.17, 15) is 0 Å². The number of alkyl halides is 1. The summed E-state index contributed by atoms with van der Waals surface area (Å²) >= 11 is 11.0. The topological polar surface area (TPSA) is 22.1 Å². The van der Waals surface area contributed by atoms with Gasteiger partial charge in [-0.1, -0.05) is 27.5 Å². The number of halogens is 2. The first kappa shape index (κ1) is 12.9. The minimum Gasteiger partial charge on any atom is -0.486 e. The molecule has 17 heavy (non-hydrogen) atoms. The monoisotopic (exact) mass is 331 g/mol. The molecule has 1 heterocycles. The van der Waals surface area contributed by atoms with Gasteiger partial charge in [-0.3, -0.25) is 0 Å². The number of aryl methyl sites for hydroxylation is 1. The van der Waals surface area contributed by atoms with Crippen molar-refractivity contribution in [3.8, 4) is 5.75 Å². The molecule has 90 valence electrons. The van der Waals surface area contributed by atoms with E-state index in [0.29, 0.717) is 6.61 Å². The second-order valence-corrected chi connectivity index (χ2v) is 5.50. The molecule has 0 aliphatic rings. The van der Waals surface area contributed by atoms with Crippen LogP contribution in [0, 0.1) is 6.92 Å². The predicted molar refractivity (Wildman–Crippen MR) is 75.3 cm³/mol. The number of ether oxygens (including phenoxy) is 1. The molecule has 1 aromatic carbocycles. The SMILES string of the molecule is Cc1csc(COc2ccc(Cl)cc2CBr)n1. The third-order valence-electron chi connectivity index (χ3n) is 2.18. The fourth-order valence-corrected chi connectivity index (χ4v) is 2.72. The van der Waals surface area contributed by atoms with E-state index in [2.05, 4.69) is 20.9 Å². The van der Waals surface area contributed by atoms with Gasteiger partial charge in [-0.25, -0.2) is 4.98 Å². The summed E-state index contributed by atoms with van der Waals surface area (Å²) in [6.07, 6.45) is 0. The molecule has 0 saturated carbocycles. The number of rotatable bonds is 4. The summed E-state index contributed by atoms with van der Waals surface area (Å²) < 4.78 is 5.74. The first-order valence-corrected chi connectivity index (χ1v) is 7.45. The molecule has 0 aliphatic carbocycles. The average molecular weight is 333 g/mol. The Morgan fingerprint density at radius 1 is 1.47 bits per heavy atom. The van der Waals surface area contributed by atoms with Crippen LogP contribution in [-0.4, -0.2) is 4.98 Å². The van der Waals surface area contributed by atoms with Gasteiger partial charge in [-0.15, -0.1) is 11.3 Å². The van der Waals surface area contributed by atoms with Gasteiger partial charge in [0.05, 0.1) is 0 Å². The van der Waals surface area contributed by atoms with Crippen molar-refractivity contribution < 1.29 is 4.74 Å². The fourth-order valence-electron chi connectivity index (χ4n) is 1.40. The molecule has 0 fully saturated rings. The predicted octanol–water partition coefficient (Wildman–Crippen LogP) is 4.58. The van der Waals surface area contributed by atoms with Crippen molar-refractivity contribution in [2.24, 2.45) is 0 Å². The largest absolute Gasteiger partial charge is 0.486 e. The van der Waals surface area contributed by atoms with Crippen LogP contribution in [0.25, 0.3) is 0 Å². The third-order valence-corrected chi connectivity index (χ3v) is 3.96. The van der Waals surface area contributed by atoms with E-state index in [-0.39, 0.29) is 0 Å². The van der Waals surface area contributed by atoms with Crippen molar-refractivity contribution in [3.05, 3.63) is 44.9 Å². The van der Waals surface area contributed by atoms with Crippen LogP contribution in [0.3, 0.4) is 0 Å². The van der Waals surface area contributed by atoms with Crippen molar-refractivity contribution in [3.63, 3.8) is 0 Å². The van der Waals surface area contributed by atoms with Crippen LogP contribution < -0.4 is 4.74 Å². The lowest BCUT2D eigenvalue weighted by Crippen LogP contribution is -1.97. The number of thiazole rings is 1. The molecule has 0 aliphatic heterocycles. The van der Waals surface area contributed by atoms with Gasteiger partial charge < -0.3 is 4.74 Å². The molecule has 0 atom stereocenters. The summed E-state index contributed by atoms with van der Waals surface area (Å²) in [4.78, 5) is 4.35. The molecule has 0 saturated heterocycles. The highest BCUT2D eigenvalue weighted by molar-refractivity contribution is 9.08. The van der Waals surface area contributed by atoms with E-state index in [1.165, 1.54) is 0 Å². The first-order valence-electron chi connectivity index (χ1n) is 5.07. The van der Waals surface area contributed by atoms with Gasteiger partial charge in [0.15, 0.2) is 0 Å². The maximum Gasteiger partial charge on any atom is 0.140 e. The highest BCUT2D eigenvalue weighted by Gasteiger charge is 2.05. The molecule has 1 aromatic heterocycles. The third kappa shape index (κ3) is 3.44. The normalized spacial score (nSPS) is 10.5. The zero-order chi connectivity index (χ0) is 12.3. The second-order valence-electron chi connectivity index (χ2n) is 3.56. The highest BCUT2D eigenvalue weighted by Crippen LogP contribution is 2.26. The molecule has 2 aromatic rings. The van der Waals surface area contributed by atoms with Crippen molar-refractivity contribution in [2.75, 3.05) is 0 Å². The van der Waals surface area contributed by atoms with Crippen LogP contribution in [0.1, 0.15) is 16.3 Å². The molecule has 0 N–H and O–H groups in total. The number of hydrogen-bond acceptors (Lipinski definition) is 3. The molecular formula is C12H11BrClNOS. The quantitative estimate of drug-likeness (QED) is 0.765. The van der Waals surface area contributed by atoms with Gasteiger partial charge >= 0.3 is 0 Å². The number of nitrogens with zero attached hydrogens (tertiary/aromatic N) is 1. The molecule has 0 bridgehead atoms. The minimum absolute atomic E-state index is 0.500. The minimum atomic E-state index is 0.500. The van der Waals surface area contributed by atoms with E-state index in [0.717, 1.165) is 32.4 Å². The Hall–Kier alpha value is -0.580. The van der Waals surface area contributed by atoms with Crippen LogP contribution in [0.4, 0.5) is 0 Å². The lowest BCUT2D eigenvalue weighted by molar-refractivity contribution is 0.303. The van der Waals surface area contributed by atoms with Crippen molar-refractivity contribution in [1.29, 1.82) is 0 Å². The van der Waals surface area contributed by atoms with Gasteiger partial charge in [-0.2, -0.15) is 0 Å². The summed E-state index contributed by atoms with van der Waals surface area (Å²) in [5.74, 6) is 0.846. The molecule has 0 spiro atoms. The van der Waals surface area contributed by atoms with Crippen molar-refractivity contribution in [1.82, 2.24) is 4.98 Å². The van der Waals surface area contributed by atoms with E-state index >= 15 is 0 Å². The number of aromatic nitrogens is 1.